The van der Waals surface area contributed by atoms with Crippen molar-refractivity contribution < 1.29 is 19.0 Å². The summed E-state index contributed by atoms with van der Waals surface area (Å²) in [5.41, 5.74) is 7.05. The quantitative estimate of drug-likeness (QED) is 0.661. The summed E-state index contributed by atoms with van der Waals surface area (Å²) in [6.07, 6.45) is 6.22. The van der Waals surface area contributed by atoms with E-state index < -0.39 is 0 Å². The van der Waals surface area contributed by atoms with Crippen molar-refractivity contribution >= 4 is 17.8 Å². The minimum Gasteiger partial charge on any atom is -0.474 e. The molecule has 3 fully saturated rings. The van der Waals surface area contributed by atoms with Crippen LogP contribution in [0.15, 0.2) is 18.5 Å². The molecule has 2 atom stereocenters. The Hall–Kier alpha value is -3.05. The van der Waals surface area contributed by atoms with Gasteiger partial charge in [-0.15, -0.1) is 0 Å². The van der Waals surface area contributed by atoms with E-state index in [-0.39, 0.29) is 36.1 Å². The molecule has 0 bridgehead atoms. The number of nitrogens with two attached hydrogens (primary N) is 1. The lowest BCUT2D eigenvalue weighted by Crippen LogP contribution is -2.52. The van der Waals surface area contributed by atoms with E-state index in [1.54, 1.807) is 18.5 Å². The van der Waals surface area contributed by atoms with Crippen molar-refractivity contribution in [3.8, 4) is 17.1 Å². The van der Waals surface area contributed by atoms with Gasteiger partial charge in [-0.1, -0.05) is 0 Å². The number of nitrogens with zero attached hydrogens (tertiary/aromatic N) is 6. The van der Waals surface area contributed by atoms with Gasteiger partial charge in [0.2, 0.25) is 17.8 Å². The van der Waals surface area contributed by atoms with Crippen molar-refractivity contribution in [3.05, 3.63) is 18.5 Å². The van der Waals surface area contributed by atoms with Gasteiger partial charge in [0, 0.05) is 63.1 Å². The average molecular weight is 470 g/mol. The van der Waals surface area contributed by atoms with Crippen molar-refractivity contribution in [2.75, 3.05) is 44.0 Å². The van der Waals surface area contributed by atoms with Gasteiger partial charge >= 0.3 is 0 Å². The number of morpholine rings is 1. The predicted molar refractivity (Wildman–Crippen MR) is 124 cm³/mol. The van der Waals surface area contributed by atoms with Crippen LogP contribution in [0.4, 0.5) is 11.9 Å². The number of anilines is 2. The van der Waals surface area contributed by atoms with Gasteiger partial charge in [-0.25, -0.2) is 15.0 Å². The van der Waals surface area contributed by atoms with Crippen molar-refractivity contribution in [1.29, 1.82) is 0 Å². The second-order valence-corrected chi connectivity index (χ2v) is 9.15. The largest absolute Gasteiger partial charge is 0.474 e. The highest BCUT2D eigenvalue weighted by Gasteiger charge is 2.39. The van der Waals surface area contributed by atoms with Crippen molar-refractivity contribution in [3.63, 3.8) is 0 Å². The molecule has 2 aromatic rings. The Kier molecular flexibility index (Phi) is 6.46. The van der Waals surface area contributed by atoms with Crippen molar-refractivity contribution in [2.24, 2.45) is 0 Å². The molecule has 0 spiro atoms. The molecule has 1 saturated carbocycles. The molecule has 4 heterocycles. The zero-order valence-corrected chi connectivity index (χ0v) is 19.6. The van der Waals surface area contributed by atoms with Gasteiger partial charge in [0.15, 0.2) is 0 Å². The zero-order valence-electron chi connectivity index (χ0n) is 19.6. The summed E-state index contributed by atoms with van der Waals surface area (Å²) in [5, 5.41) is 0. The molecule has 5 rings (SSSR count). The number of carbonyl (C=O) groups is 1. The van der Waals surface area contributed by atoms with Gasteiger partial charge in [0.1, 0.15) is 12.2 Å². The Balaban J connectivity index is 1.31. The molecular weight excluding hydrogens is 438 g/mol. The highest BCUT2D eigenvalue weighted by Crippen LogP contribution is 2.32. The first-order chi connectivity index (χ1) is 16.5. The van der Waals surface area contributed by atoms with E-state index in [2.05, 4.69) is 21.8 Å². The van der Waals surface area contributed by atoms with E-state index in [9.17, 15) is 4.79 Å². The van der Waals surface area contributed by atoms with Crippen LogP contribution < -0.4 is 15.4 Å². The summed E-state index contributed by atoms with van der Waals surface area (Å²) in [6.45, 7) is 4.68. The van der Waals surface area contributed by atoms with Crippen LogP contribution in [0.1, 0.15) is 32.6 Å². The van der Waals surface area contributed by atoms with Crippen LogP contribution in [0, 0.1) is 0 Å². The first-order valence-electron chi connectivity index (χ1n) is 11.8. The number of hydrogen-bond acceptors (Lipinski definition) is 10. The molecule has 0 unspecified atom stereocenters. The first kappa shape index (κ1) is 22.7. The predicted octanol–water partition coefficient (Wildman–Crippen LogP) is 1.29. The third kappa shape index (κ3) is 4.76. The molecular formula is C23H31N7O4. The number of rotatable bonds is 6. The highest BCUT2D eigenvalue weighted by atomic mass is 16.5. The van der Waals surface area contributed by atoms with Crippen LogP contribution in [-0.4, -0.2) is 88.4 Å². The molecule has 2 N–H and O–H groups in total. The fourth-order valence-electron chi connectivity index (χ4n) is 4.54. The fraction of sp³-hybridized carbons (Fsp3) is 0.609. The van der Waals surface area contributed by atoms with Crippen LogP contribution >= 0.6 is 0 Å². The Morgan fingerprint density at radius 1 is 1.24 bits per heavy atom. The van der Waals surface area contributed by atoms with Crippen LogP contribution in [0.3, 0.4) is 0 Å². The molecule has 182 valence electrons. The topological polar surface area (TPSA) is 129 Å². The Morgan fingerprint density at radius 3 is 2.74 bits per heavy atom. The average Bonchev–Trinajstić information content (AvgIpc) is 3.36. The molecule has 0 aromatic carbocycles. The summed E-state index contributed by atoms with van der Waals surface area (Å²) in [7, 11) is 1.85. The van der Waals surface area contributed by atoms with Crippen LogP contribution in [0.25, 0.3) is 11.3 Å². The number of nitrogen functional groups attached to an aromatic ring is 1. The molecule has 1 amide bonds. The summed E-state index contributed by atoms with van der Waals surface area (Å²) in [4.78, 5) is 34.2. The van der Waals surface area contributed by atoms with E-state index in [0.717, 1.165) is 31.2 Å². The van der Waals surface area contributed by atoms with E-state index in [4.69, 9.17) is 29.9 Å². The van der Waals surface area contributed by atoms with Gasteiger partial charge < -0.3 is 29.7 Å². The van der Waals surface area contributed by atoms with E-state index in [1.165, 1.54) is 0 Å². The minimum absolute atomic E-state index is 0.0230. The molecule has 11 heteroatoms. The van der Waals surface area contributed by atoms with E-state index in [1.807, 2.05) is 11.9 Å². The molecule has 11 nitrogen and oxygen atoms in total. The van der Waals surface area contributed by atoms with Crippen LogP contribution in [-0.2, 0) is 14.3 Å². The molecule has 34 heavy (non-hydrogen) atoms. The summed E-state index contributed by atoms with van der Waals surface area (Å²) >= 11 is 0. The number of aromatic nitrogens is 4. The number of hydrogen-bond donors (Lipinski definition) is 1. The maximum absolute atomic E-state index is 12.6. The summed E-state index contributed by atoms with van der Waals surface area (Å²) in [5.74, 6) is 1.35. The molecule has 2 aromatic heterocycles. The highest BCUT2D eigenvalue weighted by molar-refractivity contribution is 5.81. The van der Waals surface area contributed by atoms with E-state index in [0.29, 0.717) is 43.9 Å². The normalized spacial score (nSPS) is 26.7. The van der Waals surface area contributed by atoms with Gasteiger partial charge in [-0.3, -0.25) is 4.79 Å². The Labute approximate surface area is 198 Å². The second-order valence-electron chi connectivity index (χ2n) is 9.15. The van der Waals surface area contributed by atoms with Gasteiger partial charge in [0.25, 0.3) is 5.91 Å². The maximum Gasteiger partial charge on any atom is 0.251 e. The van der Waals surface area contributed by atoms with Crippen molar-refractivity contribution in [2.45, 2.75) is 56.9 Å². The van der Waals surface area contributed by atoms with Gasteiger partial charge in [0.05, 0.1) is 24.9 Å². The third-order valence-corrected chi connectivity index (χ3v) is 6.74. The van der Waals surface area contributed by atoms with Crippen molar-refractivity contribution in [1.82, 2.24) is 24.8 Å². The summed E-state index contributed by atoms with van der Waals surface area (Å²) in [6, 6.07) is 2.09. The number of amides is 1. The smallest absolute Gasteiger partial charge is 0.251 e. The molecule has 0 radical (unpaired) electrons. The second kappa shape index (κ2) is 9.67. The lowest BCUT2D eigenvalue weighted by molar-refractivity contribution is -0.145. The monoisotopic (exact) mass is 469 g/mol. The third-order valence-electron chi connectivity index (χ3n) is 6.74. The van der Waals surface area contributed by atoms with E-state index >= 15 is 0 Å². The maximum atomic E-state index is 12.6. The number of ether oxygens (including phenoxy) is 3. The molecule has 1 aliphatic carbocycles. The van der Waals surface area contributed by atoms with Gasteiger partial charge in [-0.05, 0) is 19.8 Å². The SMILES string of the molecule is C[C@H]1COCCN1c1nc(O[C@H]2C[C@H](N(C)C(=O)[C@@H]3CCCO3)C2)cc(-c2cnc(N)nc2)n1. The van der Waals surface area contributed by atoms with Crippen LogP contribution in [0.2, 0.25) is 0 Å². The molecule has 2 aliphatic heterocycles. The number of likely N-dealkylation sites (N-methyl/N-ethyl adjacent to an activating group) is 1. The standard InChI is InChI=1S/C23H31N7O4/c1-14-13-32-7-5-30(14)23-27-18(15-11-25-22(24)26-12-15)10-20(28-23)34-17-8-16(9-17)29(2)21(31)19-4-3-6-33-19/h10-12,14,16-17,19H,3-9,13H2,1-2H3,(H2,24,25,26)/t14-,16-,17-,19-/m0/s1. The van der Waals surface area contributed by atoms with Gasteiger partial charge in [-0.2, -0.15) is 4.98 Å². The molecule has 3 aliphatic rings. The lowest BCUT2D eigenvalue weighted by atomic mass is 9.87. The fourth-order valence-corrected chi connectivity index (χ4v) is 4.54. The minimum atomic E-state index is -0.297. The molecule has 2 saturated heterocycles. The lowest BCUT2D eigenvalue weighted by Gasteiger charge is -2.41. The Morgan fingerprint density at radius 2 is 2.03 bits per heavy atom. The Bertz CT molecular complexity index is 1010. The zero-order chi connectivity index (χ0) is 23.7. The summed E-state index contributed by atoms with van der Waals surface area (Å²) < 4.78 is 17.4. The first-order valence-corrected chi connectivity index (χ1v) is 11.8. The number of carbonyl (C=O) groups excluding carboxylic acids is 1. The van der Waals surface area contributed by atoms with Crippen LogP contribution in [0.5, 0.6) is 5.88 Å².